The predicted molar refractivity (Wildman–Crippen MR) is 145 cm³/mol. The monoisotopic (exact) mass is 568 g/mol. The van der Waals surface area contributed by atoms with Crippen LogP contribution in [0, 0.1) is 6.92 Å². The molecule has 0 spiro atoms. The Morgan fingerprint density at radius 1 is 0.886 bits per heavy atom. The maximum absolute atomic E-state index is 13.8. The van der Waals surface area contributed by atoms with Crippen LogP contribution in [0.3, 0.4) is 0 Å². The van der Waals surface area contributed by atoms with Crippen LogP contribution in [0.2, 0.25) is 5.02 Å². The van der Waals surface area contributed by atoms with E-state index in [2.05, 4.69) is 21.2 Å². The van der Waals surface area contributed by atoms with E-state index in [1.54, 1.807) is 84.9 Å². The Labute approximate surface area is 218 Å². The highest BCUT2D eigenvalue weighted by atomic mass is 79.9. The molecule has 1 N–H and O–H groups in total. The molecule has 0 heterocycles. The highest BCUT2D eigenvalue weighted by Crippen LogP contribution is 2.30. The summed E-state index contributed by atoms with van der Waals surface area (Å²) in [5.41, 5.74) is 2.78. The predicted octanol–water partition coefficient (Wildman–Crippen LogP) is 7.06. The van der Waals surface area contributed by atoms with Crippen molar-refractivity contribution in [2.45, 2.75) is 18.4 Å². The van der Waals surface area contributed by atoms with E-state index in [0.717, 1.165) is 15.6 Å². The lowest BCUT2D eigenvalue weighted by molar-refractivity contribution is 0.102. The lowest BCUT2D eigenvalue weighted by atomic mass is 10.1. The molecule has 1 amide bonds. The van der Waals surface area contributed by atoms with Crippen molar-refractivity contribution in [3.05, 3.63) is 123 Å². The number of sulfonamides is 1. The van der Waals surface area contributed by atoms with Crippen LogP contribution in [0.1, 0.15) is 21.5 Å². The van der Waals surface area contributed by atoms with Crippen molar-refractivity contribution in [1.29, 1.82) is 0 Å². The molecule has 4 aromatic rings. The van der Waals surface area contributed by atoms with Gasteiger partial charge in [0.2, 0.25) is 0 Å². The highest BCUT2D eigenvalue weighted by molar-refractivity contribution is 9.10. The van der Waals surface area contributed by atoms with Gasteiger partial charge < -0.3 is 5.32 Å². The molecular formula is C27H22BrClN2O3S. The molecule has 0 bridgehead atoms. The molecule has 0 aliphatic carbocycles. The Bertz CT molecular complexity index is 1440. The summed E-state index contributed by atoms with van der Waals surface area (Å²) >= 11 is 9.41. The third-order valence-electron chi connectivity index (χ3n) is 5.37. The minimum atomic E-state index is -4.00. The zero-order valence-corrected chi connectivity index (χ0v) is 21.9. The summed E-state index contributed by atoms with van der Waals surface area (Å²) in [7, 11) is -4.00. The largest absolute Gasteiger partial charge is 0.322 e. The van der Waals surface area contributed by atoms with Crippen LogP contribution in [0.4, 0.5) is 11.4 Å². The van der Waals surface area contributed by atoms with Gasteiger partial charge in [-0.1, -0.05) is 69.5 Å². The van der Waals surface area contributed by atoms with E-state index in [1.165, 1.54) is 4.31 Å². The van der Waals surface area contributed by atoms with Crippen molar-refractivity contribution in [2.75, 3.05) is 9.62 Å². The van der Waals surface area contributed by atoms with E-state index >= 15 is 0 Å². The average Bonchev–Trinajstić information content (AvgIpc) is 2.85. The van der Waals surface area contributed by atoms with Crippen LogP contribution in [0.5, 0.6) is 0 Å². The first-order valence-electron chi connectivity index (χ1n) is 10.7. The van der Waals surface area contributed by atoms with Gasteiger partial charge in [-0.2, -0.15) is 0 Å². The number of hydrogen-bond acceptors (Lipinski definition) is 3. The smallest absolute Gasteiger partial charge is 0.264 e. The van der Waals surface area contributed by atoms with E-state index in [9.17, 15) is 13.2 Å². The summed E-state index contributed by atoms with van der Waals surface area (Å²) in [6, 6.07) is 27.4. The quantitative estimate of drug-likeness (QED) is 0.259. The molecule has 0 aromatic heterocycles. The summed E-state index contributed by atoms with van der Waals surface area (Å²) in [6.07, 6.45) is 0. The highest BCUT2D eigenvalue weighted by Gasteiger charge is 2.28. The number of nitrogens with one attached hydrogen (secondary N) is 1. The molecule has 4 aromatic carbocycles. The number of rotatable bonds is 7. The van der Waals surface area contributed by atoms with Crippen LogP contribution in [0.15, 0.2) is 106 Å². The van der Waals surface area contributed by atoms with Crippen LogP contribution < -0.4 is 9.62 Å². The van der Waals surface area contributed by atoms with Gasteiger partial charge in [0.1, 0.15) is 0 Å². The number of carbonyl (C=O) groups is 1. The van der Waals surface area contributed by atoms with Gasteiger partial charge in [0.15, 0.2) is 0 Å². The second-order valence-electron chi connectivity index (χ2n) is 7.93. The number of amides is 1. The molecule has 178 valence electrons. The van der Waals surface area contributed by atoms with Gasteiger partial charge in [-0.25, -0.2) is 8.42 Å². The molecule has 5 nitrogen and oxygen atoms in total. The molecule has 0 saturated heterocycles. The molecule has 0 radical (unpaired) electrons. The first kappa shape index (κ1) is 25.0. The fourth-order valence-corrected chi connectivity index (χ4v) is 5.37. The molecule has 0 unspecified atom stereocenters. The fourth-order valence-electron chi connectivity index (χ4n) is 3.51. The van der Waals surface area contributed by atoms with Crippen molar-refractivity contribution in [2.24, 2.45) is 0 Å². The number of halogens is 2. The summed E-state index contributed by atoms with van der Waals surface area (Å²) in [4.78, 5) is 13.4. The van der Waals surface area contributed by atoms with Gasteiger partial charge in [0.25, 0.3) is 15.9 Å². The molecule has 8 heteroatoms. The molecule has 35 heavy (non-hydrogen) atoms. The van der Waals surface area contributed by atoms with Crippen LogP contribution in [-0.4, -0.2) is 14.3 Å². The maximum Gasteiger partial charge on any atom is 0.264 e. The lowest BCUT2D eigenvalue weighted by Crippen LogP contribution is -2.32. The van der Waals surface area contributed by atoms with E-state index in [0.29, 0.717) is 10.7 Å². The zero-order chi connectivity index (χ0) is 25.0. The molecule has 0 aliphatic heterocycles. The molecule has 0 fully saturated rings. The second-order valence-corrected chi connectivity index (χ2v) is 11.1. The van der Waals surface area contributed by atoms with Gasteiger partial charge >= 0.3 is 0 Å². The van der Waals surface area contributed by atoms with Crippen molar-refractivity contribution in [3.8, 4) is 0 Å². The number of nitrogens with zero attached hydrogens (tertiary/aromatic N) is 1. The average molecular weight is 570 g/mol. The topological polar surface area (TPSA) is 66.5 Å². The van der Waals surface area contributed by atoms with Gasteiger partial charge in [0.05, 0.1) is 22.7 Å². The summed E-state index contributed by atoms with van der Waals surface area (Å²) in [5.74, 6) is -0.414. The van der Waals surface area contributed by atoms with Gasteiger partial charge in [0, 0.05) is 15.2 Å². The molecule has 4 rings (SSSR count). The van der Waals surface area contributed by atoms with E-state index in [-0.39, 0.29) is 22.7 Å². The molecule has 0 saturated carbocycles. The first-order valence-corrected chi connectivity index (χ1v) is 13.3. The standard InChI is InChI=1S/C27H22BrClN2O3S/c1-19-6-16-24(17-7-19)35(33,34)31(18-20-8-12-22(29)13-9-20)26-5-3-2-4-25(26)27(32)30-23-14-10-21(28)11-15-23/h2-17H,18H2,1H3,(H,30,32). The third-order valence-corrected chi connectivity index (χ3v) is 7.92. The molecule has 0 atom stereocenters. The number of para-hydroxylation sites is 1. The molecule has 0 aliphatic rings. The van der Waals surface area contributed by atoms with Crippen LogP contribution >= 0.6 is 27.5 Å². The van der Waals surface area contributed by atoms with E-state index in [4.69, 9.17) is 11.6 Å². The minimum absolute atomic E-state index is 0.0238. The number of hydrogen-bond donors (Lipinski definition) is 1. The summed E-state index contributed by atoms with van der Waals surface area (Å²) in [6.45, 7) is 1.92. The van der Waals surface area contributed by atoms with Crippen LogP contribution in [0.25, 0.3) is 0 Å². The van der Waals surface area contributed by atoms with Crippen molar-refractivity contribution in [3.63, 3.8) is 0 Å². The Hall–Kier alpha value is -3.13. The Morgan fingerprint density at radius 2 is 1.51 bits per heavy atom. The Morgan fingerprint density at radius 3 is 2.17 bits per heavy atom. The number of benzene rings is 4. The number of anilines is 2. The van der Waals surface area contributed by atoms with Gasteiger partial charge in [-0.15, -0.1) is 0 Å². The van der Waals surface area contributed by atoms with Crippen molar-refractivity contribution in [1.82, 2.24) is 0 Å². The lowest BCUT2D eigenvalue weighted by Gasteiger charge is -2.27. The van der Waals surface area contributed by atoms with E-state index in [1.807, 2.05) is 19.1 Å². The molecular weight excluding hydrogens is 548 g/mol. The number of carbonyl (C=O) groups excluding carboxylic acids is 1. The van der Waals surface area contributed by atoms with Crippen molar-refractivity contribution >= 4 is 54.8 Å². The van der Waals surface area contributed by atoms with Gasteiger partial charge in [-0.3, -0.25) is 9.10 Å². The number of aryl methyl sites for hydroxylation is 1. The Balaban J connectivity index is 1.78. The Kier molecular flexibility index (Phi) is 7.60. The van der Waals surface area contributed by atoms with E-state index < -0.39 is 15.9 Å². The third kappa shape index (κ3) is 5.93. The summed E-state index contributed by atoms with van der Waals surface area (Å²) in [5, 5.41) is 3.40. The second kappa shape index (κ2) is 10.6. The SMILES string of the molecule is Cc1ccc(S(=O)(=O)N(Cc2ccc(Cl)cc2)c2ccccc2C(=O)Nc2ccc(Br)cc2)cc1. The first-order chi connectivity index (χ1) is 16.7. The normalized spacial score (nSPS) is 11.2. The van der Waals surface area contributed by atoms with Crippen molar-refractivity contribution < 1.29 is 13.2 Å². The van der Waals surface area contributed by atoms with Crippen LogP contribution in [-0.2, 0) is 16.6 Å². The van der Waals surface area contributed by atoms with Gasteiger partial charge in [-0.05, 0) is 73.2 Å². The minimum Gasteiger partial charge on any atom is -0.322 e. The summed E-state index contributed by atoms with van der Waals surface area (Å²) < 4.78 is 29.8. The maximum atomic E-state index is 13.8. The zero-order valence-electron chi connectivity index (χ0n) is 18.8. The fraction of sp³-hybridized carbons (Fsp3) is 0.0741.